The summed E-state index contributed by atoms with van der Waals surface area (Å²) in [4.78, 5) is 81.2. The van der Waals surface area contributed by atoms with Crippen molar-refractivity contribution >= 4 is 62.3 Å². The second-order valence-electron chi connectivity index (χ2n) is 15.9. The maximum Gasteiger partial charge on any atom is 0.421 e. The zero-order valence-electron chi connectivity index (χ0n) is 36.0. The maximum absolute atomic E-state index is 16.4. The summed E-state index contributed by atoms with van der Waals surface area (Å²) in [5.41, 5.74) is 6.05. The van der Waals surface area contributed by atoms with E-state index in [1.54, 1.807) is 42.5 Å². The number of cyclic esters (lactones) is 1. The number of nitrogens with one attached hydrogen (secondary N) is 2. The number of carbonyl (C=O) groups is 5. The number of aromatic nitrogens is 1. The number of morpholine rings is 1. The summed E-state index contributed by atoms with van der Waals surface area (Å²) in [5, 5.41) is 15.7. The minimum atomic E-state index is -2.18. The van der Waals surface area contributed by atoms with Crippen LogP contribution >= 0.6 is 11.3 Å². The van der Waals surface area contributed by atoms with Crippen molar-refractivity contribution < 1.29 is 48.0 Å². The van der Waals surface area contributed by atoms with Gasteiger partial charge in [-0.1, -0.05) is 114 Å². The lowest BCUT2D eigenvalue weighted by atomic mass is 9.65. The molecule has 0 unspecified atom stereocenters. The number of primary amides is 1. The number of esters is 1. The van der Waals surface area contributed by atoms with Gasteiger partial charge in [0.2, 0.25) is 11.8 Å². The molecule has 17 heteroatoms. The molecule has 0 saturated carbocycles. The number of hydrogen-bond donors (Lipinski definition) is 4. The van der Waals surface area contributed by atoms with Crippen LogP contribution in [0.2, 0.25) is 0 Å². The third-order valence-electron chi connectivity index (χ3n) is 12.1. The summed E-state index contributed by atoms with van der Waals surface area (Å²) in [7, 11) is 1.44. The highest BCUT2D eigenvalue weighted by molar-refractivity contribution is 7.22. The van der Waals surface area contributed by atoms with E-state index in [-0.39, 0.29) is 55.1 Å². The number of benzene rings is 5. The number of thiazole rings is 1. The van der Waals surface area contributed by atoms with Gasteiger partial charge in [-0.2, -0.15) is 0 Å². The third-order valence-corrected chi connectivity index (χ3v) is 13.1. The molecule has 3 aliphatic rings. The fourth-order valence-corrected chi connectivity index (χ4v) is 10.5. The molecule has 16 nitrogen and oxygen atoms in total. The largest absolute Gasteiger partial charge is 0.491 e. The number of nitrogens with zero attached hydrogens (tertiary/aromatic N) is 3. The van der Waals surface area contributed by atoms with E-state index in [1.165, 1.54) is 24.5 Å². The first-order chi connectivity index (χ1) is 32.7. The Morgan fingerprint density at radius 3 is 2.33 bits per heavy atom. The average Bonchev–Trinajstić information content (AvgIpc) is 3.98. The summed E-state index contributed by atoms with van der Waals surface area (Å²) in [6.07, 6.45) is -2.03. The van der Waals surface area contributed by atoms with E-state index < -0.39 is 65.5 Å². The standard InChI is InChI=1S/C50H44N6O10S/c1-63-27-28-65-49(62)55-36-23-22-30(13-12-24-52-47(51)61)29-34(36)50(46(55)60)39(44(58)54-48-53-35-19-9-11-21-38(35)67-48)41-45(59)66-42(32-16-6-3-7-17-32)40(31-14-4-2-5-15-31)56(41)43(50)33-18-8-10-20-37(33)64-26-25-57/h2-11,14-23,29,39-43,57H,24-28H2,1H3,(H3,51,52,61)(H,53,54,58)/t39-,40-,41-,42+,43+,50-/m1/s1. The molecule has 340 valence electrons. The summed E-state index contributed by atoms with van der Waals surface area (Å²) < 4.78 is 24.4. The Balaban J connectivity index is 1.37. The van der Waals surface area contributed by atoms with Crippen molar-refractivity contribution in [2.45, 2.75) is 29.6 Å². The van der Waals surface area contributed by atoms with Crippen LogP contribution in [0.3, 0.4) is 0 Å². The molecule has 5 aromatic carbocycles. The number of aliphatic hydroxyl groups is 1. The van der Waals surface area contributed by atoms with Crippen molar-refractivity contribution in [3.8, 4) is 17.6 Å². The molecule has 0 aliphatic carbocycles. The Labute approximate surface area is 388 Å². The number of urea groups is 1. The normalized spacial score (nSPS) is 21.8. The second kappa shape index (κ2) is 19.1. The van der Waals surface area contributed by atoms with Gasteiger partial charge in [-0.05, 0) is 53.1 Å². The number of amides is 5. The lowest BCUT2D eigenvalue weighted by molar-refractivity contribution is -0.177. The number of aliphatic hydroxyl groups excluding tert-OH is 1. The van der Waals surface area contributed by atoms with Gasteiger partial charge in [0.15, 0.2) is 5.13 Å². The Kier molecular flexibility index (Phi) is 12.7. The van der Waals surface area contributed by atoms with Crippen LogP contribution in [0.15, 0.2) is 127 Å². The van der Waals surface area contributed by atoms with Crippen LogP contribution in [0.25, 0.3) is 10.2 Å². The molecule has 0 radical (unpaired) electrons. The zero-order valence-corrected chi connectivity index (χ0v) is 36.8. The SMILES string of the molecule is COCCOC(=O)N1C(=O)[C@@]2(c3cc(C#CCNC(N)=O)ccc31)[C@H](c1ccccc1OCCO)N1[C@H](c3ccccc3)[C@H](c3ccccc3)OC(=O)[C@H]1[C@@H]2C(=O)Nc1nc2ccccc2s1. The molecule has 6 aromatic rings. The van der Waals surface area contributed by atoms with E-state index in [2.05, 4.69) is 22.5 Å². The first-order valence-electron chi connectivity index (χ1n) is 21.4. The average molecular weight is 921 g/mol. The van der Waals surface area contributed by atoms with Crippen molar-refractivity contribution in [3.05, 3.63) is 155 Å². The van der Waals surface area contributed by atoms with Crippen molar-refractivity contribution in [2.75, 3.05) is 50.3 Å². The van der Waals surface area contributed by atoms with E-state index in [0.29, 0.717) is 27.8 Å². The lowest BCUT2D eigenvalue weighted by Gasteiger charge is -2.46. The molecule has 4 heterocycles. The van der Waals surface area contributed by atoms with Gasteiger partial charge >= 0.3 is 18.1 Å². The highest BCUT2D eigenvalue weighted by Crippen LogP contribution is 2.66. The number of hydrogen-bond acceptors (Lipinski definition) is 13. The molecule has 0 bridgehead atoms. The molecule has 1 aromatic heterocycles. The molecule has 6 atom stereocenters. The lowest BCUT2D eigenvalue weighted by Crippen LogP contribution is -2.54. The summed E-state index contributed by atoms with van der Waals surface area (Å²) in [6.45, 7) is -0.793. The minimum absolute atomic E-state index is 0.0202. The van der Waals surface area contributed by atoms with Crippen molar-refractivity contribution in [3.63, 3.8) is 0 Å². The quantitative estimate of drug-likeness (QED) is 0.0655. The van der Waals surface area contributed by atoms with Crippen molar-refractivity contribution in [1.29, 1.82) is 0 Å². The molecule has 67 heavy (non-hydrogen) atoms. The van der Waals surface area contributed by atoms with Crippen LogP contribution in [-0.4, -0.2) is 91.0 Å². The Morgan fingerprint density at radius 1 is 0.881 bits per heavy atom. The van der Waals surface area contributed by atoms with E-state index >= 15 is 14.4 Å². The van der Waals surface area contributed by atoms with Gasteiger partial charge < -0.3 is 40.4 Å². The Morgan fingerprint density at radius 2 is 1.60 bits per heavy atom. The predicted molar refractivity (Wildman–Crippen MR) is 247 cm³/mol. The smallest absolute Gasteiger partial charge is 0.421 e. The maximum atomic E-state index is 16.4. The number of fused-ring (bicyclic) bond motifs is 4. The van der Waals surface area contributed by atoms with E-state index in [4.69, 9.17) is 29.7 Å². The van der Waals surface area contributed by atoms with Crippen LogP contribution in [-0.2, 0) is 34.0 Å². The van der Waals surface area contributed by atoms with Gasteiger partial charge in [0, 0.05) is 18.2 Å². The van der Waals surface area contributed by atoms with Gasteiger partial charge in [-0.25, -0.2) is 19.5 Å². The molecule has 2 fully saturated rings. The van der Waals surface area contributed by atoms with Crippen LogP contribution in [0, 0.1) is 17.8 Å². The Hall–Kier alpha value is -7.62. The number of ether oxygens (including phenoxy) is 4. The second-order valence-corrected chi connectivity index (χ2v) is 16.9. The monoisotopic (exact) mass is 920 g/mol. The number of carbonyl (C=O) groups excluding carboxylic acids is 5. The van der Waals surface area contributed by atoms with Gasteiger partial charge in [-0.15, -0.1) is 0 Å². The summed E-state index contributed by atoms with van der Waals surface area (Å²) >= 11 is 1.21. The number of para-hydroxylation sites is 2. The summed E-state index contributed by atoms with van der Waals surface area (Å²) in [5.74, 6) is 2.04. The molecular weight excluding hydrogens is 877 g/mol. The first kappa shape index (κ1) is 44.6. The van der Waals surface area contributed by atoms with Crippen LogP contribution in [0.5, 0.6) is 5.75 Å². The zero-order chi connectivity index (χ0) is 46.7. The van der Waals surface area contributed by atoms with Gasteiger partial charge in [0.25, 0.3) is 0 Å². The molecule has 1 spiro atoms. The highest BCUT2D eigenvalue weighted by atomic mass is 32.1. The Bertz CT molecular complexity index is 2890. The van der Waals surface area contributed by atoms with E-state index in [0.717, 1.165) is 9.60 Å². The molecule has 9 rings (SSSR count). The molecular formula is C50H44N6O10S. The highest BCUT2D eigenvalue weighted by Gasteiger charge is 2.76. The van der Waals surface area contributed by atoms with E-state index in [1.807, 2.05) is 83.8 Å². The number of anilines is 2. The minimum Gasteiger partial charge on any atom is -0.491 e. The van der Waals surface area contributed by atoms with Gasteiger partial charge in [-0.3, -0.25) is 19.3 Å². The van der Waals surface area contributed by atoms with Crippen LogP contribution in [0.4, 0.5) is 20.4 Å². The fraction of sp³-hybridized carbons (Fsp3) is 0.240. The van der Waals surface area contributed by atoms with Gasteiger partial charge in [0.05, 0.1) is 53.7 Å². The number of methoxy groups -OCH3 is 1. The van der Waals surface area contributed by atoms with Crippen LogP contribution < -0.4 is 26.0 Å². The van der Waals surface area contributed by atoms with Crippen molar-refractivity contribution in [1.82, 2.24) is 15.2 Å². The van der Waals surface area contributed by atoms with E-state index in [9.17, 15) is 14.7 Å². The fourth-order valence-electron chi connectivity index (χ4n) is 9.59. The van der Waals surface area contributed by atoms with Crippen LogP contribution in [0.1, 0.15) is 46.0 Å². The van der Waals surface area contributed by atoms with Gasteiger partial charge in [0.1, 0.15) is 36.5 Å². The molecule has 5 amide bonds. The predicted octanol–water partition coefficient (Wildman–Crippen LogP) is 5.77. The molecule has 3 aliphatic heterocycles. The van der Waals surface area contributed by atoms with Crippen molar-refractivity contribution in [2.24, 2.45) is 11.7 Å². The summed E-state index contributed by atoms with van der Waals surface area (Å²) in [6, 6.07) is 33.1. The topological polar surface area (TPSA) is 212 Å². The number of rotatable bonds is 12. The number of nitrogens with two attached hydrogens (primary N) is 1. The number of imide groups is 1. The first-order valence-corrected chi connectivity index (χ1v) is 22.2. The molecule has 5 N–H and O–H groups in total. The molecule has 2 saturated heterocycles. The third kappa shape index (κ3) is 8.10.